The molecule has 1 atom stereocenters. The zero-order valence-electron chi connectivity index (χ0n) is 18.0. The van der Waals surface area contributed by atoms with Crippen molar-refractivity contribution in [3.05, 3.63) is 40.7 Å². The molecule has 1 unspecified atom stereocenters. The van der Waals surface area contributed by atoms with Crippen LogP contribution in [0.4, 0.5) is 4.79 Å². The molecule has 9 heteroatoms. The van der Waals surface area contributed by atoms with Gasteiger partial charge in [-0.1, -0.05) is 19.3 Å². The Morgan fingerprint density at radius 1 is 1.26 bits per heavy atom. The standard InChI is InChI=1S/C22H28N4O4S/c1-14-13-17(15(2)26(14)22-23-11-12-31-22)9-10-19(27)30-16(3)20(28)25-21(29)24-18-7-5-4-6-8-18/h9-13,16,18H,4-8H2,1-3H3,(H2,24,25,28,29)/b10-9+. The first kappa shape index (κ1) is 22.7. The molecular formula is C22H28N4O4S. The lowest BCUT2D eigenvalue weighted by Gasteiger charge is -2.23. The molecule has 3 rings (SSSR count). The van der Waals surface area contributed by atoms with Crippen molar-refractivity contribution in [3.63, 3.8) is 0 Å². The minimum absolute atomic E-state index is 0.0886. The van der Waals surface area contributed by atoms with E-state index in [4.69, 9.17) is 4.74 Å². The number of esters is 1. The third kappa shape index (κ3) is 6.04. The van der Waals surface area contributed by atoms with Crippen LogP contribution in [0.1, 0.15) is 56.0 Å². The number of hydrogen-bond donors (Lipinski definition) is 2. The number of amides is 3. The number of aromatic nitrogens is 2. The Kier molecular flexibility index (Phi) is 7.62. The van der Waals surface area contributed by atoms with E-state index in [0.29, 0.717) is 0 Å². The fraction of sp³-hybridized carbons (Fsp3) is 0.455. The Labute approximate surface area is 185 Å². The third-order valence-electron chi connectivity index (χ3n) is 5.32. The second-order valence-electron chi connectivity index (χ2n) is 7.69. The van der Waals surface area contributed by atoms with Crippen LogP contribution >= 0.6 is 11.3 Å². The molecule has 1 aliphatic carbocycles. The molecule has 2 N–H and O–H groups in total. The maximum atomic E-state index is 12.2. The van der Waals surface area contributed by atoms with Crippen molar-refractivity contribution in [3.8, 4) is 5.13 Å². The van der Waals surface area contributed by atoms with Gasteiger partial charge >= 0.3 is 12.0 Å². The minimum Gasteiger partial charge on any atom is -0.449 e. The van der Waals surface area contributed by atoms with Crippen molar-refractivity contribution in [2.45, 2.75) is 65.0 Å². The Bertz CT molecular complexity index is 959. The highest BCUT2D eigenvalue weighted by Gasteiger charge is 2.21. The molecule has 8 nitrogen and oxygen atoms in total. The Balaban J connectivity index is 1.51. The van der Waals surface area contributed by atoms with Crippen LogP contribution in [-0.4, -0.2) is 39.6 Å². The maximum Gasteiger partial charge on any atom is 0.331 e. The summed E-state index contributed by atoms with van der Waals surface area (Å²) in [6.07, 6.45) is 8.74. The number of aryl methyl sites for hydroxylation is 1. The molecule has 1 fully saturated rings. The topological polar surface area (TPSA) is 102 Å². The number of nitrogens with one attached hydrogen (secondary N) is 2. The number of carbonyl (C=O) groups excluding carboxylic acids is 3. The maximum absolute atomic E-state index is 12.2. The highest BCUT2D eigenvalue weighted by molar-refractivity contribution is 7.12. The fourth-order valence-electron chi connectivity index (χ4n) is 3.68. The van der Waals surface area contributed by atoms with E-state index < -0.39 is 24.0 Å². The number of hydrogen-bond acceptors (Lipinski definition) is 6. The van der Waals surface area contributed by atoms with Crippen molar-refractivity contribution in [1.82, 2.24) is 20.2 Å². The van der Waals surface area contributed by atoms with Gasteiger partial charge in [0.25, 0.3) is 5.91 Å². The molecule has 2 aromatic heterocycles. The third-order valence-corrected chi connectivity index (χ3v) is 6.08. The summed E-state index contributed by atoms with van der Waals surface area (Å²) >= 11 is 1.53. The molecule has 166 valence electrons. The number of nitrogens with zero attached hydrogens (tertiary/aromatic N) is 2. The van der Waals surface area contributed by atoms with Crippen molar-refractivity contribution in [2.24, 2.45) is 0 Å². The van der Waals surface area contributed by atoms with E-state index in [9.17, 15) is 14.4 Å². The predicted octanol–water partition coefficient (Wildman–Crippen LogP) is 3.65. The van der Waals surface area contributed by atoms with Gasteiger partial charge in [-0.05, 0) is 51.3 Å². The number of ether oxygens (including phenoxy) is 1. The number of urea groups is 1. The van der Waals surface area contributed by atoms with Crippen LogP contribution in [0, 0.1) is 13.8 Å². The van der Waals surface area contributed by atoms with Crippen LogP contribution in [0.3, 0.4) is 0 Å². The van der Waals surface area contributed by atoms with Gasteiger partial charge in [-0.15, -0.1) is 11.3 Å². The van der Waals surface area contributed by atoms with Crippen LogP contribution in [0.15, 0.2) is 23.7 Å². The van der Waals surface area contributed by atoms with Crippen molar-refractivity contribution < 1.29 is 19.1 Å². The highest BCUT2D eigenvalue weighted by Crippen LogP contribution is 2.23. The molecule has 0 aliphatic heterocycles. The van der Waals surface area contributed by atoms with Crippen molar-refractivity contribution in [1.29, 1.82) is 0 Å². The van der Waals surface area contributed by atoms with Gasteiger partial charge in [-0.25, -0.2) is 14.6 Å². The number of thiazole rings is 1. The smallest absolute Gasteiger partial charge is 0.331 e. The molecule has 0 spiro atoms. The monoisotopic (exact) mass is 444 g/mol. The average Bonchev–Trinajstić information content (AvgIpc) is 3.34. The quantitative estimate of drug-likeness (QED) is 0.523. The molecule has 1 saturated carbocycles. The Morgan fingerprint density at radius 3 is 2.68 bits per heavy atom. The molecule has 0 bridgehead atoms. The lowest BCUT2D eigenvalue weighted by molar-refractivity contribution is -0.149. The molecule has 3 amide bonds. The summed E-state index contributed by atoms with van der Waals surface area (Å²) in [7, 11) is 0. The highest BCUT2D eigenvalue weighted by atomic mass is 32.1. The van der Waals surface area contributed by atoms with E-state index in [1.807, 2.05) is 29.9 Å². The first-order valence-electron chi connectivity index (χ1n) is 10.4. The lowest BCUT2D eigenvalue weighted by atomic mass is 9.96. The first-order chi connectivity index (χ1) is 14.8. The largest absolute Gasteiger partial charge is 0.449 e. The van der Waals surface area contributed by atoms with E-state index in [-0.39, 0.29) is 6.04 Å². The van der Waals surface area contributed by atoms with Gasteiger partial charge in [-0.3, -0.25) is 14.7 Å². The first-order valence-corrected chi connectivity index (χ1v) is 11.3. The average molecular weight is 445 g/mol. The second kappa shape index (κ2) is 10.4. The van der Waals surface area contributed by atoms with Crippen LogP contribution < -0.4 is 10.6 Å². The summed E-state index contributed by atoms with van der Waals surface area (Å²) in [5, 5.41) is 7.80. The molecule has 1 aliphatic rings. The molecule has 31 heavy (non-hydrogen) atoms. The van der Waals surface area contributed by atoms with Gasteiger partial charge < -0.3 is 10.1 Å². The molecule has 0 saturated heterocycles. The minimum atomic E-state index is -1.09. The lowest BCUT2D eigenvalue weighted by Crippen LogP contribution is -2.48. The van der Waals surface area contributed by atoms with Crippen LogP contribution in [0.2, 0.25) is 0 Å². The summed E-state index contributed by atoms with van der Waals surface area (Å²) in [6, 6.07) is 1.49. The van der Waals surface area contributed by atoms with E-state index in [1.54, 1.807) is 12.3 Å². The molecule has 2 heterocycles. The molecule has 0 radical (unpaired) electrons. The summed E-state index contributed by atoms with van der Waals surface area (Å²) < 4.78 is 7.15. The molecule has 2 aromatic rings. The molecule has 0 aromatic carbocycles. The number of rotatable bonds is 6. The van der Waals surface area contributed by atoms with Gasteiger partial charge in [0.15, 0.2) is 11.2 Å². The number of imide groups is 1. The summed E-state index contributed by atoms with van der Waals surface area (Å²) in [5.41, 5.74) is 2.80. The SMILES string of the molecule is Cc1cc(/C=C/C(=O)OC(C)C(=O)NC(=O)NC2CCCCC2)c(C)n1-c1nccs1. The van der Waals surface area contributed by atoms with Crippen molar-refractivity contribution in [2.75, 3.05) is 0 Å². The van der Waals surface area contributed by atoms with Gasteiger partial charge in [0.05, 0.1) is 0 Å². The zero-order chi connectivity index (χ0) is 22.4. The summed E-state index contributed by atoms with van der Waals surface area (Å²) in [6.45, 7) is 5.35. The summed E-state index contributed by atoms with van der Waals surface area (Å²) in [5.74, 6) is -1.31. The molecular weight excluding hydrogens is 416 g/mol. The summed E-state index contributed by atoms with van der Waals surface area (Å²) in [4.78, 5) is 40.6. The van der Waals surface area contributed by atoms with Gasteiger partial charge in [0.1, 0.15) is 0 Å². The Morgan fingerprint density at radius 2 is 2.00 bits per heavy atom. The number of carbonyl (C=O) groups is 3. The van der Waals surface area contributed by atoms with Crippen LogP contribution in [0.25, 0.3) is 11.2 Å². The fourth-order valence-corrected chi connectivity index (χ4v) is 4.44. The van der Waals surface area contributed by atoms with E-state index in [1.165, 1.54) is 30.8 Å². The van der Waals surface area contributed by atoms with Crippen LogP contribution in [-0.2, 0) is 14.3 Å². The van der Waals surface area contributed by atoms with Crippen LogP contribution in [0.5, 0.6) is 0 Å². The van der Waals surface area contributed by atoms with E-state index >= 15 is 0 Å². The predicted molar refractivity (Wildman–Crippen MR) is 119 cm³/mol. The van der Waals surface area contributed by atoms with Gasteiger partial charge in [0, 0.05) is 35.1 Å². The van der Waals surface area contributed by atoms with E-state index in [2.05, 4.69) is 15.6 Å². The normalized spacial score (nSPS) is 15.6. The second-order valence-corrected chi connectivity index (χ2v) is 8.56. The zero-order valence-corrected chi connectivity index (χ0v) is 18.8. The van der Waals surface area contributed by atoms with E-state index in [0.717, 1.165) is 47.8 Å². The Hall–Kier alpha value is -2.94. The van der Waals surface area contributed by atoms with Gasteiger partial charge in [-0.2, -0.15) is 0 Å². The van der Waals surface area contributed by atoms with Crippen molar-refractivity contribution >= 4 is 35.3 Å². The van der Waals surface area contributed by atoms with Gasteiger partial charge in [0.2, 0.25) is 0 Å².